The first kappa shape index (κ1) is 11.7. The van der Waals surface area contributed by atoms with Crippen LogP contribution in [0.5, 0.6) is 5.75 Å². The first-order valence-electron chi connectivity index (χ1n) is 4.79. The van der Waals surface area contributed by atoms with Crippen LogP contribution in [0.25, 0.3) is 0 Å². The highest BCUT2D eigenvalue weighted by Gasteiger charge is 2.25. The fraction of sp³-hybridized carbons (Fsp3) is 0.417. The van der Waals surface area contributed by atoms with E-state index in [1.165, 1.54) is 0 Å². The minimum Gasteiger partial charge on any atom is -0.497 e. The van der Waals surface area contributed by atoms with Gasteiger partial charge in [-0.1, -0.05) is 12.1 Å². The summed E-state index contributed by atoms with van der Waals surface area (Å²) in [7, 11) is 3.21. The van der Waals surface area contributed by atoms with Crippen LogP contribution in [0.4, 0.5) is 0 Å². The first-order valence-corrected chi connectivity index (χ1v) is 4.79. The largest absolute Gasteiger partial charge is 0.497 e. The number of benzene rings is 1. The third kappa shape index (κ3) is 2.57. The Hall–Kier alpha value is -1.35. The van der Waals surface area contributed by atoms with Crippen molar-refractivity contribution >= 4 is 6.29 Å². The van der Waals surface area contributed by atoms with E-state index in [-0.39, 0.29) is 0 Å². The molecule has 0 aromatic heterocycles. The average molecular weight is 208 g/mol. The van der Waals surface area contributed by atoms with E-state index in [0.29, 0.717) is 6.42 Å². The molecule has 3 nitrogen and oxygen atoms in total. The van der Waals surface area contributed by atoms with Crippen LogP contribution in [-0.2, 0) is 15.1 Å². The fourth-order valence-corrected chi connectivity index (χ4v) is 1.43. The molecule has 15 heavy (non-hydrogen) atoms. The maximum atomic E-state index is 10.6. The molecule has 0 aliphatic carbocycles. The van der Waals surface area contributed by atoms with Gasteiger partial charge in [0.15, 0.2) is 0 Å². The summed E-state index contributed by atoms with van der Waals surface area (Å²) < 4.78 is 10.5. The Kier molecular flexibility index (Phi) is 3.86. The van der Waals surface area contributed by atoms with Crippen molar-refractivity contribution in [3.63, 3.8) is 0 Å². The van der Waals surface area contributed by atoms with E-state index in [0.717, 1.165) is 17.6 Å². The van der Waals surface area contributed by atoms with Crippen molar-refractivity contribution in [3.8, 4) is 5.75 Å². The number of methoxy groups -OCH3 is 2. The van der Waals surface area contributed by atoms with Gasteiger partial charge in [-0.3, -0.25) is 0 Å². The molecule has 0 bridgehead atoms. The second kappa shape index (κ2) is 4.94. The molecular weight excluding hydrogens is 192 g/mol. The maximum Gasteiger partial charge on any atom is 0.123 e. The van der Waals surface area contributed by atoms with Crippen molar-refractivity contribution in [1.82, 2.24) is 0 Å². The summed E-state index contributed by atoms with van der Waals surface area (Å²) >= 11 is 0. The van der Waals surface area contributed by atoms with Gasteiger partial charge in [0.25, 0.3) is 0 Å². The van der Waals surface area contributed by atoms with E-state index >= 15 is 0 Å². The van der Waals surface area contributed by atoms with Crippen LogP contribution < -0.4 is 4.74 Å². The summed E-state index contributed by atoms with van der Waals surface area (Å²) in [6.45, 7) is 1.89. The molecule has 1 atom stereocenters. The van der Waals surface area contributed by atoms with Crippen molar-refractivity contribution in [2.24, 2.45) is 0 Å². The number of carbonyl (C=O) groups is 1. The minimum atomic E-state index is -0.573. The highest BCUT2D eigenvalue weighted by molar-refractivity contribution is 5.53. The lowest BCUT2D eigenvalue weighted by atomic mass is 9.93. The van der Waals surface area contributed by atoms with Crippen LogP contribution >= 0.6 is 0 Å². The average Bonchev–Trinajstić information content (AvgIpc) is 2.29. The van der Waals surface area contributed by atoms with Crippen molar-refractivity contribution < 1.29 is 14.3 Å². The predicted octanol–water partition coefficient (Wildman–Crippen LogP) is 2.15. The lowest BCUT2D eigenvalue weighted by molar-refractivity contribution is -0.113. The number of rotatable bonds is 5. The van der Waals surface area contributed by atoms with E-state index in [9.17, 15) is 4.79 Å². The smallest absolute Gasteiger partial charge is 0.123 e. The van der Waals surface area contributed by atoms with Crippen LogP contribution in [0.15, 0.2) is 24.3 Å². The molecule has 1 aromatic carbocycles. The zero-order chi connectivity index (χ0) is 11.3. The molecule has 0 heterocycles. The number of hydrogen-bond acceptors (Lipinski definition) is 3. The number of carbonyl (C=O) groups excluding carboxylic acids is 1. The Bertz CT molecular complexity index is 335. The zero-order valence-electron chi connectivity index (χ0n) is 9.32. The molecule has 0 saturated heterocycles. The summed E-state index contributed by atoms with van der Waals surface area (Å²) in [6.07, 6.45) is 1.19. The molecule has 0 saturated carbocycles. The molecule has 0 amide bonds. The van der Waals surface area contributed by atoms with Gasteiger partial charge in [-0.25, -0.2) is 0 Å². The molecule has 1 unspecified atom stereocenters. The minimum absolute atomic E-state index is 0.330. The molecule has 0 radical (unpaired) electrons. The van der Waals surface area contributed by atoms with E-state index in [1.54, 1.807) is 14.2 Å². The van der Waals surface area contributed by atoms with Crippen LogP contribution in [0.1, 0.15) is 18.9 Å². The molecule has 0 aliphatic heterocycles. The summed E-state index contributed by atoms with van der Waals surface area (Å²) in [6, 6.07) is 7.55. The van der Waals surface area contributed by atoms with Crippen LogP contribution in [0.3, 0.4) is 0 Å². The standard InChI is InChI=1S/C12H16O3/c1-12(15-3,7-8-13)10-5-4-6-11(9-10)14-2/h4-6,8-9H,7H2,1-3H3. The van der Waals surface area contributed by atoms with Gasteiger partial charge in [-0.2, -0.15) is 0 Å². The second-order valence-corrected chi connectivity index (χ2v) is 3.54. The third-order valence-electron chi connectivity index (χ3n) is 2.60. The Balaban J connectivity index is 3.05. The highest BCUT2D eigenvalue weighted by atomic mass is 16.5. The van der Waals surface area contributed by atoms with E-state index < -0.39 is 5.60 Å². The Morgan fingerprint density at radius 3 is 2.67 bits per heavy atom. The van der Waals surface area contributed by atoms with Crippen LogP contribution in [0, 0.1) is 0 Å². The normalized spacial score (nSPS) is 14.3. The summed E-state index contributed by atoms with van der Waals surface area (Å²) in [5.41, 5.74) is 0.368. The molecule has 0 aliphatic rings. The first-order chi connectivity index (χ1) is 7.16. The Labute approximate surface area is 90.0 Å². The van der Waals surface area contributed by atoms with Gasteiger partial charge in [0.1, 0.15) is 12.0 Å². The lowest BCUT2D eigenvalue weighted by Crippen LogP contribution is -2.24. The summed E-state index contributed by atoms with van der Waals surface area (Å²) in [5, 5.41) is 0. The monoisotopic (exact) mass is 208 g/mol. The molecule has 82 valence electrons. The maximum absolute atomic E-state index is 10.6. The molecule has 3 heteroatoms. The van der Waals surface area contributed by atoms with Crippen molar-refractivity contribution in [2.75, 3.05) is 14.2 Å². The van der Waals surface area contributed by atoms with Gasteiger partial charge >= 0.3 is 0 Å². The molecular formula is C12H16O3. The quantitative estimate of drug-likeness (QED) is 0.695. The van der Waals surface area contributed by atoms with Crippen molar-refractivity contribution in [1.29, 1.82) is 0 Å². The Morgan fingerprint density at radius 2 is 2.13 bits per heavy atom. The van der Waals surface area contributed by atoms with Crippen molar-refractivity contribution in [2.45, 2.75) is 18.9 Å². The number of aldehydes is 1. The van der Waals surface area contributed by atoms with E-state index in [1.807, 2.05) is 31.2 Å². The van der Waals surface area contributed by atoms with Gasteiger partial charge in [-0.15, -0.1) is 0 Å². The fourth-order valence-electron chi connectivity index (χ4n) is 1.43. The van der Waals surface area contributed by atoms with Gasteiger partial charge < -0.3 is 14.3 Å². The summed E-state index contributed by atoms with van der Waals surface area (Å²) in [5.74, 6) is 0.765. The SMILES string of the molecule is COc1cccc(C(C)(CC=O)OC)c1. The zero-order valence-corrected chi connectivity index (χ0v) is 9.32. The molecule has 0 spiro atoms. The molecule has 0 N–H and O–H groups in total. The number of ether oxygens (including phenoxy) is 2. The van der Waals surface area contributed by atoms with Gasteiger partial charge in [0, 0.05) is 13.5 Å². The predicted molar refractivity (Wildman–Crippen MR) is 58.0 cm³/mol. The van der Waals surface area contributed by atoms with Crippen LogP contribution in [-0.4, -0.2) is 20.5 Å². The molecule has 1 aromatic rings. The van der Waals surface area contributed by atoms with Gasteiger partial charge in [-0.05, 0) is 24.6 Å². The highest BCUT2D eigenvalue weighted by Crippen LogP contribution is 2.29. The van der Waals surface area contributed by atoms with E-state index in [2.05, 4.69) is 0 Å². The van der Waals surface area contributed by atoms with Crippen LogP contribution in [0.2, 0.25) is 0 Å². The van der Waals surface area contributed by atoms with Gasteiger partial charge in [0.05, 0.1) is 12.7 Å². The molecule has 1 rings (SSSR count). The Morgan fingerprint density at radius 1 is 1.40 bits per heavy atom. The molecule has 0 fully saturated rings. The number of hydrogen-bond donors (Lipinski definition) is 0. The second-order valence-electron chi connectivity index (χ2n) is 3.54. The van der Waals surface area contributed by atoms with Gasteiger partial charge in [0.2, 0.25) is 0 Å². The summed E-state index contributed by atoms with van der Waals surface area (Å²) in [4.78, 5) is 10.6. The third-order valence-corrected chi connectivity index (χ3v) is 2.60. The topological polar surface area (TPSA) is 35.5 Å². The van der Waals surface area contributed by atoms with E-state index in [4.69, 9.17) is 9.47 Å². The lowest BCUT2D eigenvalue weighted by Gasteiger charge is -2.26. The van der Waals surface area contributed by atoms with Crippen molar-refractivity contribution in [3.05, 3.63) is 29.8 Å².